The number of ether oxygens (including phenoxy) is 1. The van der Waals surface area contributed by atoms with Crippen molar-refractivity contribution in [1.29, 1.82) is 5.26 Å². The summed E-state index contributed by atoms with van der Waals surface area (Å²) < 4.78 is 7.58. The highest BCUT2D eigenvalue weighted by molar-refractivity contribution is 5.98. The molecule has 4 nitrogen and oxygen atoms in total. The Bertz CT molecular complexity index is 1080. The van der Waals surface area contributed by atoms with Gasteiger partial charge in [-0.05, 0) is 54.7 Å². The Morgan fingerprint density at radius 3 is 2.37 bits per heavy atom. The molecule has 0 bridgehead atoms. The molecule has 0 amide bonds. The lowest BCUT2D eigenvalue weighted by Crippen LogP contribution is -2.07. The number of aromatic nitrogens is 1. The average molecular weight is 399 g/mol. The van der Waals surface area contributed by atoms with E-state index < -0.39 is 5.97 Å². The summed E-state index contributed by atoms with van der Waals surface area (Å²) in [5, 5.41) is 9.46. The van der Waals surface area contributed by atoms with Crippen molar-refractivity contribution in [3.05, 3.63) is 88.8 Å². The molecule has 152 valence electrons. The van der Waals surface area contributed by atoms with Crippen molar-refractivity contribution in [3.8, 4) is 17.2 Å². The monoisotopic (exact) mass is 398 g/mol. The average Bonchev–Trinajstić information content (AvgIpc) is 3.04. The van der Waals surface area contributed by atoms with Crippen LogP contribution in [0.4, 0.5) is 0 Å². The van der Waals surface area contributed by atoms with Gasteiger partial charge in [0.05, 0.1) is 0 Å². The summed E-state index contributed by atoms with van der Waals surface area (Å²) in [6.07, 6.45) is 2.64. The third-order valence-corrected chi connectivity index (χ3v) is 5.13. The zero-order valence-corrected chi connectivity index (χ0v) is 17.7. The van der Waals surface area contributed by atoms with Crippen molar-refractivity contribution in [2.75, 3.05) is 0 Å². The molecule has 0 spiro atoms. The molecule has 0 aliphatic rings. The van der Waals surface area contributed by atoms with Gasteiger partial charge in [0.1, 0.15) is 18.2 Å². The summed E-state index contributed by atoms with van der Waals surface area (Å²) >= 11 is 0. The van der Waals surface area contributed by atoms with Crippen molar-refractivity contribution in [3.63, 3.8) is 0 Å². The molecule has 0 aliphatic heterocycles. The molecule has 30 heavy (non-hydrogen) atoms. The van der Waals surface area contributed by atoms with Crippen molar-refractivity contribution in [2.24, 2.45) is 0 Å². The summed E-state index contributed by atoms with van der Waals surface area (Å²) in [7, 11) is 0. The number of esters is 1. The number of rotatable bonds is 7. The maximum absolute atomic E-state index is 12.4. The standard InChI is InChI=1S/C26H26N2O2/c1-4-14-28-19(2)15-24(20(28)3)16-25(17-27)26(29)30-18-21-10-12-23(13-11-21)22-8-6-5-7-9-22/h5-13,15-16H,4,14,18H2,1-3H3/b25-16+. The van der Waals surface area contributed by atoms with Gasteiger partial charge in [0.25, 0.3) is 0 Å². The van der Waals surface area contributed by atoms with E-state index >= 15 is 0 Å². The van der Waals surface area contributed by atoms with E-state index in [4.69, 9.17) is 4.74 Å². The predicted octanol–water partition coefficient (Wildman–Crippen LogP) is 5.83. The van der Waals surface area contributed by atoms with Crippen LogP contribution < -0.4 is 0 Å². The SMILES string of the molecule is CCCn1c(C)cc(/C=C(\C#N)C(=O)OCc2ccc(-c3ccccc3)cc2)c1C. The quantitative estimate of drug-likeness (QED) is 0.286. The van der Waals surface area contributed by atoms with E-state index in [0.717, 1.165) is 46.6 Å². The van der Waals surface area contributed by atoms with Gasteiger partial charge in [-0.1, -0.05) is 61.5 Å². The molecule has 0 unspecified atom stereocenters. The molecule has 0 saturated carbocycles. The van der Waals surface area contributed by atoms with Crippen LogP contribution in [0.5, 0.6) is 0 Å². The van der Waals surface area contributed by atoms with E-state index in [2.05, 4.69) is 23.6 Å². The molecule has 3 rings (SSSR count). The predicted molar refractivity (Wildman–Crippen MR) is 119 cm³/mol. The number of hydrogen-bond acceptors (Lipinski definition) is 3. The summed E-state index contributed by atoms with van der Waals surface area (Å²) in [6, 6.07) is 21.9. The van der Waals surface area contributed by atoms with E-state index in [0.29, 0.717) is 0 Å². The van der Waals surface area contributed by atoms with Gasteiger partial charge in [0, 0.05) is 17.9 Å². The lowest BCUT2D eigenvalue weighted by Gasteiger charge is -2.07. The van der Waals surface area contributed by atoms with Crippen LogP contribution in [0.1, 0.15) is 35.9 Å². The summed E-state index contributed by atoms with van der Waals surface area (Å²) in [5.41, 5.74) is 6.16. The third kappa shape index (κ3) is 4.87. The zero-order chi connectivity index (χ0) is 21.5. The Hall–Kier alpha value is -3.58. The van der Waals surface area contributed by atoms with Crippen molar-refractivity contribution in [2.45, 2.75) is 40.3 Å². The van der Waals surface area contributed by atoms with E-state index in [9.17, 15) is 10.1 Å². The minimum absolute atomic E-state index is 0.00709. The highest BCUT2D eigenvalue weighted by atomic mass is 16.5. The van der Waals surface area contributed by atoms with Gasteiger partial charge in [-0.25, -0.2) is 4.79 Å². The van der Waals surface area contributed by atoms with Crippen molar-refractivity contribution in [1.82, 2.24) is 4.57 Å². The minimum Gasteiger partial charge on any atom is -0.457 e. The van der Waals surface area contributed by atoms with Crippen LogP contribution in [-0.2, 0) is 22.7 Å². The fraction of sp³-hybridized carbons (Fsp3) is 0.231. The Kier molecular flexibility index (Phi) is 6.87. The van der Waals surface area contributed by atoms with Crippen LogP contribution in [0.25, 0.3) is 17.2 Å². The van der Waals surface area contributed by atoms with Crippen molar-refractivity contribution >= 4 is 12.0 Å². The molecule has 0 atom stereocenters. The molecule has 0 fully saturated rings. The topological polar surface area (TPSA) is 55.0 Å². The third-order valence-electron chi connectivity index (χ3n) is 5.13. The van der Waals surface area contributed by atoms with Crippen LogP contribution in [-0.4, -0.2) is 10.5 Å². The van der Waals surface area contributed by atoms with Crippen LogP contribution >= 0.6 is 0 Å². The molecule has 1 aromatic heterocycles. The Morgan fingerprint density at radius 1 is 1.07 bits per heavy atom. The number of carbonyl (C=O) groups excluding carboxylic acids is 1. The number of benzene rings is 2. The van der Waals surface area contributed by atoms with Gasteiger partial charge in [-0.2, -0.15) is 5.26 Å². The summed E-state index contributed by atoms with van der Waals surface area (Å²) in [6.45, 7) is 7.20. The molecule has 3 aromatic rings. The van der Waals surface area contributed by atoms with Gasteiger partial charge in [0.2, 0.25) is 0 Å². The summed E-state index contributed by atoms with van der Waals surface area (Å²) in [5.74, 6) is -0.607. The number of carbonyl (C=O) groups is 1. The van der Waals surface area contributed by atoms with E-state index in [1.54, 1.807) is 6.08 Å². The highest BCUT2D eigenvalue weighted by Gasteiger charge is 2.14. The first-order valence-corrected chi connectivity index (χ1v) is 10.1. The lowest BCUT2D eigenvalue weighted by atomic mass is 10.0. The normalized spacial score (nSPS) is 11.2. The maximum atomic E-state index is 12.4. The smallest absolute Gasteiger partial charge is 0.349 e. The number of hydrogen-bond donors (Lipinski definition) is 0. The molecule has 0 radical (unpaired) electrons. The fourth-order valence-electron chi connectivity index (χ4n) is 3.48. The second kappa shape index (κ2) is 9.76. The van der Waals surface area contributed by atoms with Gasteiger partial charge in [0.15, 0.2) is 0 Å². The Labute approximate surface area is 178 Å². The van der Waals surface area contributed by atoms with E-state index in [1.807, 2.05) is 68.4 Å². The first-order chi connectivity index (χ1) is 14.5. The second-order valence-electron chi connectivity index (χ2n) is 7.29. The highest BCUT2D eigenvalue weighted by Crippen LogP contribution is 2.21. The second-order valence-corrected chi connectivity index (χ2v) is 7.29. The van der Waals surface area contributed by atoms with Gasteiger partial charge in [-0.3, -0.25) is 0 Å². The molecule has 4 heteroatoms. The van der Waals surface area contributed by atoms with Gasteiger partial charge >= 0.3 is 5.97 Å². The van der Waals surface area contributed by atoms with Gasteiger partial charge < -0.3 is 9.30 Å². The number of nitriles is 1. The first kappa shape index (κ1) is 21.1. The number of aryl methyl sites for hydroxylation is 1. The molecule has 1 heterocycles. The van der Waals surface area contributed by atoms with E-state index in [-0.39, 0.29) is 12.2 Å². The van der Waals surface area contributed by atoms with Crippen LogP contribution in [0, 0.1) is 25.2 Å². The zero-order valence-electron chi connectivity index (χ0n) is 17.7. The first-order valence-electron chi connectivity index (χ1n) is 10.1. The molecule has 0 N–H and O–H groups in total. The van der Waals surface area contributed by atoms with Crippen LogP contribution in [0.2, 0.25) is 0 Å². The molecule has 0 aliphatic carbocycles. The largest absolute Gasteiger partial charge is 0.457 e. The molecule has 0 saturated heterocycles. The van der Waals surface area contributed by atoms with Gasteiger partial charge in [-0.15, -0.1) is 0 Å². The van der Waals surface area contributed by atoms with Crippen LogP contribution in [0.15, 0.2) is 66.2 Å². The van der Waals surface area contributed by atoms with Crippen LogP contribution in [0.3, 0.4) is 0 Å². The fourth-order valence-corrected chi connectivity index (χ4v) is 3.48. The molecular weight excluding hydrogens is 372 g/mol. The summed E-state index contributed by atoms with van der Waals surface area (Å²) in [4.78, 5) is 12.4. The van der Waals surface area contributed by atoms with Crippen molar-refractivity contribution < 1.29 is 9.53 Å². The maximum Gasteiger partial charge on any atom is 0.349 e. The Morgan fingerprint density at radius 2 is 1.73 bits per heavy atom. The van der Waals surface area contributed by atoms with E-state index in [1.165, 1.54) is 0 Å². The lowest BCUT2D eigenvalue weighted by molar-refractivity contribution is -0.139. The molecule has 2 aromatic carbocycles. The number of nitrogens with zero attached hydrogens (tertiary/aromatic N) is 2. The minimum atomic E-state index is -0.607. The Balaban J connectivity index is 1.68. The molecular formula is C26H26N2O2.